The molecule has 7 heteroatoms. The Morgan fingerprint density at radius 2 is 1.80 bits per heavy atom. The minimum atomic E-state index is -0.883. The number of aromatic nitrogens is 2. The van der Waals surface area contributed by atoms with E-state index in [1.165, 1.54) is 0 Å². The fourth-order valence-electron chi connectivity index (χ4n) is 4.81. The average Bonchev–Trinajstić information content (AvgIpc) is 3.29. The maximum absolute atomic E-state index is 11.3. The minimum absolute atomic E-state index is 0.0489. The lowest BCUT2D eigenvalue weighted by Gasteiger charge is -2.38. The first-order valence-electron chi connectivity index (χ1n) is 10.7. The molecule has 0 amide bonds. The number of aliphatic hydroxyl groups excluding tert-OH is 1. The quantitative estimate of drug-likeness (QED) is 0.787. The highest BCUT2D eigenvalue weighted by molar-refractivity contribution is 5.80. The van der Waals surface area contributed by atoms with Crippen molar-refractivity contribution in [2.24, 2.45) is 5.41 Å². The lowest BCUT2D eigenvalue weighted by molar-refractivity contribution is -0.178. The van der Waals surface area contributed by atoms with E-state index in [1.807, 2.05) is 40.0 Å². The van der Waals surface area contributed by atoms with Crippen molar-refractivity contribution < 1.29 is 24.1 Å². The molecule has 0 bridgehead atoms. The predicted molar refractivity (Wildman–Crippen MR) is 113 cm³/mol. The molecule has 4 heterocycles. The molecule has 5 unspecified atom stereocenters. The van der Waals surface area contributed by atoms with Crippen LogP contribution in [0.1, 0.15) is 59.9 Å². The molecular formula is C23H34N2O5. The molecule has 30 heavy (non-hydrogen) atoms. The number of aliphatic hydroxyl groups is 1. The van der Waals surface area contributed by atoms with E-state index in [9.17, 15) is 5.11 Å². The highest BCUT2D eigenvalue weighted by atomic mass is 16.8. The van der Waals surface area contributed by atoms with Gasteiger partial charge in [-0.1, -0.05) is 20.8 Å². The lowest BCUT2D eigenvalue weighted by atomic mass is 9.71. The molecule has 2 aliphatic rings. The van der Waals surface area contributed by atoms with E-state index in [-0.39, 0.29) is 17.4 Å². The number of fused-ring (bicyclic) bond motifs is 1. The predicted octanol–water partition coefficient (Wildman–Crippen LogP) is 3.73. The Bertz CT molecular complexity index is 900. The molecule has 0 aliphatic carbocycles. The molecule has 0 saturated carbocycles. The monoisotopic (exact) mass is 418 g/mol. The third kappa shape index (κ3) is 4.01. The molecule has 2 aromatic rings. The molecule has 4 rings (SSSR count). The topological polar surface area (TPSA) is 85.8 Å². The van der Waals surface area contributed by atoms with Crippen LogP contribution >= 0.6 is 0 Å². The molecule has 5 atom stereocenters. The highest BCUT2D eigenvalue weighted by Crippen LogP contribution is 2.48. The average molecular weight is 419 g/mol. The van der Waals surface area contributed by atoms with Crippen LogP contribution in [-0.2, 0) is 18.9 Å². The Balaban J connectivity index is 1.73. The Morgan fingerprint density at radius 1 is 1.10 bits per heavy atom. The second kappa shape index (κ2) is 7.28. The number of aromatic amines is 1. The molecule has 2 saturated heterocycles. The standard InChI is InChI=1S/C23H34N2O5/c1-21(2,3)16(14-11-25-20-13(14)9-8-10-24-20)18-19(30-23(6,7)29-18)17(26)15-12-27-22(4,5)28-15/h8-11,15-19,26H,12H2,1-7H3,(H,24,25). The summed E-state index contributed by atoms with van der Waals surface area (Å²) in [5.74, 6) is -1.59. The van der Waals surface area contributed by atoms with E-state index < -0.39 is 29.9 Å². The summed E-state index contributed by atoms with van der Waals surface area (Å²) in [7, 11) is 0. The number of hydrogen-bond acceptors (Lipinski definition) is 6. The van der Waals surface area contributed by atoms with Gasteiger partial charge >= 0.3 is 0 Å². The summed E-state index contributed by atoms with van der Waals surface area (Å²) in [4.78, 5) is 7.72. The number of nitrogens with zero attached hydrogens (tertiary/aromatic N) is 1. The summed E-state index contributed by atoms with van der Waals surface area (Å²) in [5, 5.41) is 12.3. The van der Waals surface area contributed by atoms with Gasteiger partial charge in [0, 0.05) is 23.7 Å². The van der Waals surface area contributed by atoms with Crippen molar-refractivity contribution in [2.75, 3.05) is 6.61 Å². The maximum Gasteiger partial charge on any atom is 0.163 e. The molecule has 166 valence electrons. The Morgan fingerprint density at radius 3 is 2.43 bits per heavy atom. The number of pyridine rings is 1. The first-order chi connectivity index (χ1) is 13.9. The zero-order chi connectivity index (χ0) is 21.9. The van der Waals surface area contributed by atoms with Gasteiger partial charge in [-0.15, -0.1) is 0 Å². The summed E-state index contributed by atoms with van der Waals surface area (Å²) in [6.45, 7) is 14.3. The van der Waals surface area contributed by atoms with Crippen molar-refractivity contribution in [3.8, 4) is 0 Å². The van der Waals surface area contributed by atoms with E-state index >= 15 is 0 Å². The Kier molecular flexibility index (Phi) is 5.27. The molecule has 0 aromatic carbocycles. The number of ether oxygens (including phenoxy) is 4. The van der Waals surface area contributed by atoms with E-state index in [1.54, 1.807) is 6.20 Å². The van der Waals surface area contributed by atoms with Crippen LogP contribution in [0.4, 0.5) is 0 Å². The number of H-pyrrole nitrogens is 1. The van der Waals surface area contributed by atoms with Crippen molar-refractivity contribution in [1.82, 2.24) is 9.97 Å². The van der Waals surface area contributed by atoms with Crippen molar-refractivity contribution in [2.45, 2.75) is 90.4 Å². The molecule has 2 fully saturated rings. The summed E-state index contributed by atoms with van der Waals surface area (Å²) < 4.78 is 24.3. The van der Waals surface area contributed by atoms with Crippen molar-refractivity contribution in [1.29, 1.82) is 0 Å². The van der Waals surface area contributed by atoms with Crippen LogP contribution in [0.5, 0.6) is 0 Å². The zero-order valence-electron chi connectivity index (χ0n) is 18.9. The molecule has 0 radical (unpaired) electrons. The van der Waals surface area contributed by atoms with Gasteiger partial charge in [-0.2, -0.15) is 0 Å². The summed E-state index contributed by atoms with van der Waals surface area (Å²) >= 11 is 0. The van der Waals surface area contributed by atoms with Gasteiger partial charge in [-0.3, -0.25) is 0 Å². The first-order valence-corrected chi connectivity index (χ1v) is 10.7. The summed E-state index contributed by atoms with van der Waals surface area (Å²) in [5.41, 5.74) is 1.79. The van der Waals surface area contributed by atoms with E-state index in [4.69, 9.17) is 18.9 Å². The van der Waals surface area contributed by atoms with Crippen LogP contribution in [-0.4, -0.2) is 57.7 Å². The van der Waals surface area contributed by atoms with Gasteiger partial charge in [0.05, 0.1) is 12.7 Å². The van der Waals surface area contributed by atoms with Gasteiger partial charge in [0.25, 0.3) is 0 Å². The number of rotatable bonds is 4. The van der Waals surface area contributed by atoms with Gasteiger partial charge in [0.2, 0.25) is 0 Å². The van der Waals surface area contributed by atoms with Crippen molar-refractivity contribution in [3.05, 3.63) is 30.1 Å². The lowest BCUT2D eigenvalue weighted by Crippen LogP contribution is -2.48. The molecule has 2 aliphatic heterocycles. The zero-order valence-corrected chi connectivity index (χ0v) is 18.9. The van der Waals surface area contributed by atoms with Gasteiger partial charge in [-0.25, -0.2) is 4.98 Å². The van der Waals surface area contributed by atoms with Crippen molar-refractivity contribution >= 4 is 11.0 Å². The second-order valence-corrected chi connectivity index (χ2v) is 10.4. The maximum atomic E-state index is 11.3. The van der Waals surface area contributed by atoms with E-state index in [2.05, 4.69) is 36.8 Å². The molecular weight excluding hydrogens is 384 g/mol. The first kappa shape index (κ1) is 21.7. The fraction of sp³-hybridized carbons (Fsp3) is 0.696. The molecule has 2 aromatic heterocycles. The van der Waals surface area contributed by atoms with Gasteiger partial charge in [-0.05, 0) is 50.8 Å². The third-order valence-corrected chi connectivity index (χ3v) is 5.99. The van der Waals surface area contributed by atoms with Gasteiger partial charge in [0.1, 0.15) is 24.0 Å². The smallest absolute Gasteiger partial charge is 0.163 e. The summed E-state index contributed by atoms with van der Waals surface area (Å²) in [6.07, 6.45) is 1.49. The van der Waals surface area contributed by atoms with Crippen LogP contribution < -0.4 is 0 Å². The van der Waals surface area contributed by atoms with Crippen LogP contribution in [0.15, 0.2) is 24.5 Å². The van der Waals surface area contributed by atoms with E-state index in [0.29, 0.717) is 6.61 Å². The SMILES string of the molecule is CC1(C)OCC(C(O)C2OC(C)(C)OC2C(c2c[nH]c3ncccc23)C(C)(C)C)O1. The third-order valence-electron chi connectivity index (χ3n) is 5.99. The Hall–Kier alpha value is -1.51. The van der Waals surface area contributed by atoms with Crippen LogP contribution in [0, 0.1) is 5.41 Å². The highest BCUT2D eigenvalue weighted by Gasteiger charge is 2.54. The number of nitrogens with one attached hydrogen (secondary N) is 1. The minimum Gasteiger partial charge on any atom is -0.387 e. The van der Waals surface area contributed by atoms with E-state index in [0.717, 1.165) is 16.6 Å². The molecule has 7 nitrogen and oxygen atoms in total. The number of hydrogen-bond donors (Lipinski definition) is 2. The van der Waals surface area contributed by atoms with Crippen LogP contribution in [0.3, 0.4) is 0 Å². The summed E-state index contributed by atoms with van der Waals surface area (Å²) in [6, 6.07) is 4.00. The molecule has 0 spiro atoms. The van der Waals surface area contributed by atoms with Gasteiger partial charge < -0.3 is 29.0 Å². The largest absolute Gasteiger partial charge is 0.387 e. The fourth-order valence-corrected chi connectivity index (χ4v) is 4.81. The van der Waals surface area contributed by atoms with Gasteiger partial charge in [0.15, 0.2) is 11.6 Å². The van der Waals surface area contributed by atoms with Crippen LogP contribution in [0.2, 0.25) is 0 Å². The van der Waals surface area contributed by atoms with Crippen LogP contribution in [0.25, 0.3) is 11.0 Å². The van der Waals surface area contributed by atoms with Crippen molar-refractivity contribution in [3.63, 3.8) is 0 Å². The second-order valence-electron chi connectivity index (χ2n) is 10.4. The normalized spacial score (nSPS) is 30.6. The Labute approximate surface area is 178 Å². The molecule has 2 N–H and O–H groups in total.